The summed E-state index contributed by atoms with van der Waals surface area (Å²) >= 11 is 5.28. The first-order valence-electron chi connectivity index (χ1n) is 7.97. The van der Waals surface area contributed by atoms with Gasteiger partial charge in [-0.25, -0.2) is 0 Å². The molecule has 0 unspecified atom stereocenters. The molecule has 1 saturated heterocycles. The fraction of sp³-hybridized carbons (Fsp3) is 0.562. The molecule has 1 N–H and O–H groups in total. The predicted octanol–water partition coefficient (Wildman–Crippen LogP) is 3.70. The van der Waals surface area contributed by atoms with E-state index in [-0.39, 0.29) is 5.91 Å². The van der Waals surface area contributed by atoms with E-state index in [2.05, 4.69) is 43.0 Å². The lowest BCUT2D eigenvalue weighted by Crippen LogP contribution is -2.34. The number of carbonyl (C=O) groups is 1. The van der Waals surface area contributed by atoms with Crippen molar-refractivity contribution in [2.24, 2.45) is 0 Å². The Morgan fingerprint density at radius 2 is 2.14 bits per heavy atom. The van der Waals surface area contributed by atoms with Gasteiger partial charge in [-0.05, 0) is 54.3 Å². The largest absolute Gasteiger partial charge is 0.349 e. The van der Waals surface area contributed by atoms with Gasteiger partial charge in [-0.15, -0.1) is 11.3 Å². The molecular formula is C16H22BrN3OS. The van der Waals surface area contributed by atoms with Gasteiger partial charge < -0.3 is 14.8 Å². The molecule has 1 amide bonds. The number of aryl methyl sites for hydroxylation is 1. The van der Waals surface area contributed by atoms with Crippen LogP contribution in [-0.2, 0) is 6.54 Å². The van der Waals surface area contributed by atoms with E-state index in [1.807, 2.05) is 6.07 Å². The van der Waals surface area contributed by atoms with Crippen LogP contribution in [0.2, 0.25) is 0 Å². The second-order valence-electron chi connectivity index (χ2n) is 5.78. The lowest BCUT2D eigenvalue weighted by atomic mass is 10.3. The predicted molar refractivity (Wildman–Crippen MR) is 95.8 cm³/mol. The SMILES string of the molecule is CCCn1c(C(=O)NCCN2CCCC2)cc2scc(Br)c21. The van der Waals surface area contributed by atoms with Gasteiger partial charge in [-0.1, -0.05) is 6.92 Å². The quantitative estimate of drug-likeness (QED) is 0.825. The fourth-order valence-electron chi connectivity index (χ4n) is 3.10. The number of thiophene rings is 1. The zero-order chi connectivity index (χ0) is 15.5. The number of nitrogens with zero attached hydrogens (tertiary/aromatic N) is 2. The summed E-state index contributed by atoms with van der Waals surface area (Å²) in [6.45, 7) is 7.04. The van der Waals surface area contributed by atoms with Gasteiger partial charge in [-0.3, -0.25) is 4.79 Å². The van der Waals surface area contributed by atoms with Crippen LogP contribution in [0.25, 0.3) is 10.2 Å². The Bertz CT molecular complexity index is 658. The number of likely N-dealkylation sites (tertiary alicyclic amines) is 1. The molecule has 4 nitrogen and oxygen atoms in total. The van der Waals surface area contributed by atoms with E-state index in [0.29, 0.717) is 0 Å². The van der Waals surface area contributed by atoms with Gasteiger partial charge in [0.25, 0.3) is 5.91 Å². The molecule has 0 bridgehead atoms. The van der Waals surface area contributed by atoms with E-state index >= 15 is 0 Å². The molecule has 0 spiro atoms. The lowest BCUT2D eigenvalue weighted by Gasteiger charge is -2.15. The van der Waals surface area contributed by atoms with E-state index < -0.39 is 0 Å². The number of hydrogen-bond donors (Lipinski definition) is 1. The Kier molecular flexibility index (Phi) is 5.21. The van der Waals surface area contributed by atoms with Crippen LogP contribution in [0.1, 0.15) is 36.7 Å². The molecule has 0 radical (unpaired) electrons. The van der Waals surface area contributed by atoms with Crippen LogP contribution in [0.15, 0.2) is 15.9 Å². The minimum atomic E-state index is 0.0444. The first-order valence-corrected chi connectivity index (χ1v) is 9.64. The highest BCUT2D eigenvalue weighted by atomic mass is 79.9. The highest BCUT2D eigenvalue weighted by Gasteiger charge is 2.18. The third-order valence-electron chi connectivity index (χ3n) is 4.17. The van der Waals surface area contributed by atoms with E-state index in [0.717, 1.165) is 41.7 Å². The average Bonchev–Trinajstić information content (AvgIpc) is 3.19. The van der Waals surface area contributed by atoms with Gasteiger partial charge in [0.05, 0.1) is 14.7 Å². The van der Waals surface area contributed by atoms with Crippen LogP contribution in [-0.4, -0.2) is 41.6 Å². The van der Waals surface area contributed by atoms with Gasteiger partial charge >= 0.3 is 0 Å². The highest BCUT2D eigenvalue weighted by molar-refractivity contribution is 9.10. The van der Waals surface area contributed by atoms with Crippen molar-refractivity contribution < 1.29 is 4.79 Å². The Morgan fingerprint density at radius 3 is 2.86 bits per heavy atom. The number of rotatable bonds is 6. The summed E-state index contributed by atoms with van der Waals surface area (Å²) in [7, 11) is 0. The number of aromatic nitrogens is 1. The average molecular weight is 384 g/mol. The van der Waals surface area contributed by atoms with Crippen molar-refractivity contribution in [3.05, 3.63) is 21.6 Å². The lowest BCUT2D eigenvalue weighted by molar-refractivity contribution is 0.0941. The summed E-state index contributed by atoms with van der Waals surface area (Å²) in [4.78, 5) is 14.9. The number of hydrogen-bond acceptors (Lipinski definition) is 3. The molecule has 0 aromatic carbocycles. The Labute approximate surface area is 143 Å². The molecule has 0 saturated carbocycles. The second kappa shape index (κ2) is 7.15. The van der Waals surface area contributed by atoms with Crippen LogP contribution in [0.5, 0.6) is 0 Å². The molecule has 2 aromatic rings. The molecule has 0 atom stereocenters. The Balaban J connectivity index is 1.70. The Hall–Kier alpha value is -0.850. The zero-order valence-electron chi connectivity index (χ0n) is 12.9. The summed E-state index contributed by atoms with van der Waals surface area (Å²) < 4.78 is 4.39. The molecule has 1 aliphatic rings. The molecule has 1 aliphatic heterocycles. The summed E-state index contributed by atoms with van der Waals surface area (Å²) in [5.41, 5.74) is 1.93. The summed E-state index contributed by atoms with van der Waals surface area (Å²) in [5, 5.41) is 5.17. The van der Waals surface area contributed by atoms with Gasteiger partial charge in [0.2, 0.25) is 0 Å². The zero-order valence-corrected chi connectivity index (χ0v) is 15.3. The van der Waals surface area contributed by atoms with Crippen molar-refractivity contribution in [1.29, 1.82) is 0 Å². The second-order valence-corrected chi connectivity index (χ2v) is 7.55. The maximum Gasteiger partial charge on any atom is 0.268 e. The van der Waals surface area contributed by atoms with Gasteiger partial charge in [-0.2, -0.15) is 0 Å². The van der Waals surface area contributed by atoms with Crippen LogP contribution >= 0.6 is 27.3 Å². The van der Waals surface area contributed by atoms with Crippen molar-refractivity contribution in [3.8, 4) is 0 Å². The van der Waals surface area contributed by atoms with Crippen LogP contribution < -0.4 is 5.32 Å². The van der Waals surface area contributed by atoms with Crippen molar-refractivity contribution in [3.63, 3.8) is 0 Å². The summed E-state index contributed by atoms with van der Waals surface area (Å²) in [6.07, 6.45) is 3.59. The van der Waals surface area contributed by atoms with Crippen molar-refractivity contribution in [2.45, 2.75) is 32.7 Å². The molecule has 0 aliphatic carbocycles. The standard InChI is InChI=1S/C16H22BrN3OS/c1-2-6-20-13(10-14-15(20)12(17)11-22-14)16(21)18-5-9-19-7-3-4-8-19/h10-11H,2-9H2,1H3,(H,18,21). The number of carbonyl (C=O) groups excluding carboxylic acids is 1. The van der Waals surface area contributed by atoms with Gasteiger partial charge in [0, 0.05) is 25.0 Å². The molecule has 6 heteroatoms. The van der Waals surface area contributed by atoms with Gasteiger partial charge in [0.15, 0.2) is 0 Å². The van der Waals surface area contributed by atoms with Crippen molar-refractivity contribution in [1.82, 2.24) is 14.8 Å². The number of fused-ring (bicyclic) bond motifs is 1. The minimum absolute atomic E-state index is 0.0444. The number of amides is 1. The fourth-order valence-corrected chi connectivity index (χ4v) is 4.79. The monoisotopic (exact) mass is 383 g/mol. The first kappa shape index (κ1) is 16.0. The van der Waals surface area contributed by atoms with Gasteiger partial charge in [0.1, 0.15) is 5.69 Å². The van der Waals surface area contributed by atoms with Crippen LogP contribution in [0.3, 0.4) is 0 Å². The van der Waals surface area contributed by atoms with E-state index in [9.17, 15) is 4.79 Å². The number of halogens is 1. The summed E-state index contributed by atoms with van der Waals surface area (Å²) in [5.74, 6) is 0.0444. The van der Waals surface area contributed by atoms with Crippen LogP contribution in [0.4, 0.5) is 0 Å². The Morgan fingerprint density at radius 1 is 1.36 bits per heavy atom. The van der Waals surface area contributed by atoms with Crippen molar-refractivity contribution >= 4 is 43.4 Å². The van der Waals surface area contributed by atoms with E-state index in [4.69, 9.17) is 0 Å². The molecular weight excluding hydrogens is 362 g/mol. The normalized spacial score (nSPS) is 15.7. The minimum Gasteiger partial charge on any atom is -0.349 e. The van der Waals surface area contributed by atoms with Crippen LogP contribution in [0, 0.1) is 0 Å². The topological polar surface area (TPSA) is 37.3 Å². The maximum absolute atomic E-state index is 12.5. The van der Waals surface area contributed by atoms with Crippen molar-refractivity contribution in [2.75, 3.05) is 26.2 Å². The third-order valence-corrected chi connectivity index (χ3v) is 6.00. The molecule has 22 heavy (non-hydrogen) atoms. The van der Waals surface area contributed by atoms with E-state index in [1.165, 1.54) is 30.6 Å². The molecule has 3 heterocycles. The highest BCUT2D eigenvalue weighted by Crippen LogP contribution is 2.33. The maximum atomic E-state index is 12.5. The van der Waals surface area contributed by atoms with E-state index in [1.54, 1.807) is 11.3 Å². The smallest absolute Gasteiger partial charge is 0.268 e. The first-order chi connectivity index (χ1) is 10.7. The summed E-state index contributed by atoms with van der Waals surface area (Å²) in [6, 6.07) is 2.02. The number of nitrogens with one attached hydrogen (secondary N) is 1. The molecule has 1 fully saturated rings. The third kappa shape index (κ3) is 3.24. The molecule has 120 valence electrons. The molecule has 2 aromatic heterocycles. The molecule has 3 rings (SSSR count).